The van der Waals surface area contributed by atoms with Gasteiger partial charge in [-0.25, -0.2) is 9.37 Å². The zero-order chi connectivity index (χ0) is 30.6. The van der Waals surface area contributed by atoms with E-state index in [2.05, 4.69) is 39.3 Å². The molecule has 0 unspecified atom stereocenters. The SMILES string of the molecule is CCOC(=O)CC1CCC(c2ccc(-c3ccc4nc(C(=O)NCc5cc(OC(F)(F)F)ccc5F)cn4c3)cc2)CC1. The first-order chi connectivity index (χ1) is 20.6. The van der Waals surface area contributed by atoms with Gasteiger partial charge in [-0.3, -0.25) is 9.59 Å². The first-order valence-electron chi connectivity index (χ1n) is 14.1. The number of benzene rings is 2. The lowest BCUT2D eigenvalue weighted by atomic mass is 9.77. The fourth-order valence-corrected chi connectivity index (χ4v) is 5.52. The number of esters is 1. The molecule has 2 heterocycles. The number of halogens is 4. The molecule has 0 spiro atoms. The first kappa shape index (κ1) is 30.1. The van der Waals surface area contributed by atoms with Gasteiger partial charge < -0.3 is 19.2 Å². The Hall–Kier alpha value is -4.41. The summed E-state index contributed by atoms with van der Waals surface area (Å²) in [5, 5.41) is 2.49. The standard InChI is InChI=1S/C32H31F4N3O4/c1-2-42-30(40)15-20-3-5-21(6-4-20)22-7-9-23(10-8-22)24-11-14-29-38-28(19-39(29)18-24)31(41)37-17-25-16-26(12-13-27(25)33)43-32(34,35)36/h7-14,16,18-21H,2-6,15,17H2,1H3,(H,37,41). The van der Waals surface area contributed by atoms with Crippen LogP contribution in [0.1, 0.15) is 66.6 Å². The molecule has 7 nitrogen and oxygen atoms in total. The van der Waals surface area contributed by atoms with Gasteiger partial charge in [0.1, 0.15) is 22.9 Å². The highest BCUT2D eigenvalue weighted by atomic mass is 19.4. The van der Waals surface area contributed by atoms with Crippen molar-refractivity contribution in [1.82, 2.24) is 14.7 Å². The van der Waals surface area contributed by atoms with E-state index in [1.165, 1.54) is 11.8 Å². The van der Waals surface area contributed by atoms with Crippen molar-refractivity contribution in [3.8, 4) is 16.9 Å². The molecule has 0 saturated heterocycles. The maximum absolute atomic E-state index is 14.1. The number of nitrogens with one attached hydrogen (secondary N) is 1. The number of amides is 1. The third kappa shape index (κ3) is 7.71. The highest BCUT2D eigenvalue weighted by Gasteiger charge is 2.31. The molecule has 1 aliphatic rings. The number of nitrogens with zero attached hydrogens (tertiary/aromatic N) is 2. The minimum absolute atomic E-state index is 0.0779. The molecule has 1 fully saturated rings. The third-order valence-electron chi connectivity index (χ3n) is 7.70. The Balaban J connectivity index is 1.20. The van der Waals surface area contributed by atoms with Crippen LogP contribution in [0.5, 0.6) is 5.75 Å². The summed E-state index contributed by atoms with van der Waals surface area (Å²) in [5.74, 6) is -1.23. The molecular formula is C32H31F4N3O4. The van der Waals surface area contributed by atoms with Crippen molar-refractivity contribution in [3.63, 3.8) is 0 Å². The van der Waals surface area contributed by atoms with Crippen LogP contribution in [0, 0.1) is 11.7 Å². The third-order valence-corrected chi connectivity index (χ3v) is 7.70. The van der Waals surface area contributed by atoms with E-state index in [4.69, 9.17) is 4.74 Å². The number of carbonyl (C=O) groups is 2. The van der Waals surface area contributed by atoms with Gasteiger partial charge in [-0.15, -0.1) is 13.2 Å². The van der Waals surface area contributed by atoms with Crippen LogP contribution >= 0.6 is 0 Å². The molecule has 4 aromatic rings. The van der Waals surface area contributed by atoms with Crippen molar-refractivity contribution in [3.05, 3.63) is 89.6 Å². The topological polar surface area (TPSA) is 81.9 Å². The van der Waals surface area contributed by atoms with Gasteiger partial charge in [0.05, 0.1) is 6.61 Å². The summed E-state index contributed by atoms with van der Waals surface area (Å²) in [6.07, 6.45) is 3.06. The van der Waals surface area contributed by atoms with E-state index in [0.29, 0.717) is 30.5 Å². The van der Waals surface area contributed by atoms with Gasteiger partial charge in [-0.1, -0.05) is 24.3 Å². The lowest BCUT2D eigenvalue weighted by molar-refractivity contribution is -0.274. The molecule has 2 aromatic heterocycles. The summed E-state index contributed by atoms with van der Waals surface area (Å²) in [5.41, 5.74) is 3.64. The summed E-state index contributed by atoms with van der Waals surface area (Å²) in [7, 11) is 0. The monoisotopic (exact) mass is 597 g/mol. The number of hydrogen-bond acceptors (Lipinski definition) is 5. The fourth-order valence-electron chi connectivity index (χ4n) is 5.52. The second kappa shape index (κ2) is 12.8. The summed E-state index contributed by atoms with van der Waals surface area (Å²) in [6, 6.07) is 14.7. The van der Waals surface area contributed by atoms with Crippen LogP contribution in [-0.4, -0.2) is 34.2 Å². The zero-order valence-corrected chi connectivity index (χ0v) is 23.5. The van der Waals surface area contributed by atoms with Crippen molar-refractivity contribution < 1.29 is 36.6 Å². The number of ether oxygens (including phenoxy) is 2. The van der Waals surface area contributed by atoms with E-state index in [0.717, 1.165) is 55.0 Å². The number of pyridine rings is 1. The molecule has 1 saturated carbocycles. The second-order valence-corrected chi connectivity index (χ2v) is 10.6. The van der Waals surface area contributed by atoms with Gasteiger partial charge in [-0.05, 0) is 91.5 Å². The van der Waals surface area contributed by atoms with Gasteiger partial charge in [0, 0.05) is 30.9 Å². The summed E-state index contributed by atoms with van der Waals surface area (Å²) in [6.45, 7) is 1.89. The van der Waals surface area contributed by atoms with E-state index in [-0.39, 0.29) is 23.8 Å². The molecular weight excluding hydrogens is 566 g/mol. The molecule has 5 rings (SSSR count). The number of alkyl halides is 3. The van der Waals surface area contributed by atoms with Gasteiger partial charge in [0.2, 0.25) is 0 Å². The fraction of sp³-hybridized carbons (Fsp3) is 0.344. The molecule has 1 amide bonds. The molecule has 11 heteroatoms. The number of imidazole rings is 1. The van der Waals surface area contributed by atoms with Crippen molar-refractivity contribution >= 4 is 17.5 Å². The average Bonchev–Trinajstić information content (AvgIpc) is 3.41. The summed E-state index contributed by atoms with van der Waals surface area (Å²) >= 11 is 0. The first-order valence-corrected chi connectivity index (χ1v) is 14.1. The molecule has 0 bridgehead atoms. The maximum Gasteiger partial charge on any atom is 0.573 e. The average molecular weight is 598 g/mol. The molecule has 1 aliphatic carbocycles. The van der Waals surface area contributed by atoms with E-state index in [1.54, 1.807) is 10.5 Å². The van der Waals surface area contributed by atoms with E-state index in [9.17, 15) is 27.2 Å². The quantitative estimate of drug-likeness (QED) is 0.163. The Morgan fingerprint density at radius 2 is 1.70 bits per heavy atom. The molecule has 43 heavy (non-hydrogen) atoms. The lowest BCUT2D eigenvalue weighted by Crippen LogP contribution is -2.24. The van der Waals surface area contributed by atoms with Crippen LogP contribution in [-0.2, 0) is 16.1 Å². The van der Waals surface area contributed by atoms with Crippen LogP contribution < -0.4 is 10.1 Å². The molecule has 2 aromatic carbocycles. The Morgan fingerprint density at radius 1 is 0.977 bits per heavy atom. The summed E-state index contributed by atoms with van der Waals surface area (Å²) < 4.78 is 62.2. The number of hydrogen-bond donors (Lipinski definition) is 1. The smallest absolute Gasteiger partial charge is 0.466 e. The predicted molar refractivity (Wildman–Crippen MR) is 151 cm³/mol. The van der Waals surface area contributed by atoms with Crippen molar-refractivity contribution in [1.29, 1.82) is 0 Å². The van der Waals surface area contributed by atoms with Crippen molar-refractivity contribution in [2.45, 2.75) is 57.9 Å². The van der Waals surface area contributed by atoms with Crippen LogP contribution in [0.25, 0.3) is 16.8 Å². The Labute approximate surface area is 245 Å². The minimum Gasteiger partial charge on any atom is -0.466 e. The predicted octanol–water partition coefficient (Wildman–Crippen LogP) is 7.20. The molecule has 0 aliphatic heterocycles. The van der Waals surface area contributed by atoms with E-state index >= 15 is 0 Å². The van der Waals surface area contributed by atoms with Gasteiger partial charge in [-0.2, -0.15) is 0 Å². The zero-order valence-electron chi connectivity index (χ0n) is 23.5. The molecule has 0 radical (unpaired) electrons. The largest absolute Gasteiger partial charge is 0.573 e. The Kier molecular flexibility index (Phi) is 8.98. The normalized spacial score (nSPS) is 17.0. The van der Waals surface area contributed by atoms with E-state index in [1.807, 2.05) is 19.2 Å². The Bertz CT molecular complexity index is 1590. The number of carbonyl (C=O) groups excluding carboxylic acids is 2. The minimum atomic E-state index is -4.91. The highest BCUT2D eigenvalue weighted by Crippen LogP contribution is 2.38. The molecule has 226 valence electrons. The number of rotatable bonds is 9. The molecule has 0 atom stereocenters. The highest BCUT2D eigenvalue weighted by molar-refractivity contribution is 5.92. The van der Waals surface area contributed by atoms with Crippen LogP contribution in [0.3, 0.4) is 0 Å². The van der Waals surface area contributed by atoms with Crippen LogP contribution in [0.15, 0.2) is 67.0 Å². The van der Waals surface area contributed by atoms with Crippen molar-refractivity contribution in [2.24, 2.45) is 5.92 Å². The van der Waals surface area contributed by atoms with Gasteiger partial charge in [0.15, 0.2) is 0 Å². The van der Waals surface area contributed by atoms with E-state index < -0.39 is 23.8 Å². The number of fused-ring (bicyclic) bond motifs is 1. The maximum atomic E-state index is 14.1. The number of aromatic nitrogens is 2. The second-order valence-electron chi connectivity index (χ2n) is 10.6. The molecule has 1 N–H and O–H groups in total. The van der Waals surface area contributed by atoms with Crippen LogP contribution in [0.2, 0.25) is 0 Å². The van der Waals surface area contributed by atoms with Gasteiger partial charge in [0.25, 0.3) is 5.91 Å². The van der Waals surface area contributed by atoms with Crippen LogP contribution in [0.4, 0.5) is 17.6 Å². The Morgan fingerprint density at radius 3 is 2.40 bits per heavy atom. The summed E-state index contributed by atoms with van der Waals surface area (Å²) in [4.78, 5) is 28.8. The van der Waals surface area contributed by atoms with Gasteiger partial charge >= 0.3 is 12.3 Å². The lowest BCUT2D eigenvalue weighted by Gasteiger charge is -2.28. The van der Waals surface area contributed by atoms with Crippen molar-refractivity contribution in [2.75, 3.05) is 6.61 Å².